The monoisotopic (exact) mass is 321 g/mol. The molecule has 0 N–H and O–H groups in total. The first-order valence-corrected chi connectivity index (χ1v) is 8.30. The molecule has 0 unspecified atom stereocenters. The van der Waals surface area contributed by atoms with Crippen molar-refractivity contribution in [3.63, 3.8) is 0 Å². The molecule has 0 bridgehead atoms. The maximum Gasteiger partial charge on any atom is 0.218 e. The van der Waals surface area contributed by atoms with Crippen LogP contribution in [0.15, 0.2) is 48.5 Å². The minimum atomic E-state index is 0.496. The number of ether oxygens (including phenoxy) is 2. The number of benzene rings is 2. The van der Waals surface area contributed by atoms with Crippen LogP contribution in [0.1, 0.15) is 29.3 Å². The maximum absolute atomic E-state index is 5.92. The van der Waals surface area contributed by atoms with Crippen LogP contribution in [0, 0.1) is 6.92 Å². The van der Waals surface area contributed by atoms with Gasteiger partial charge in [0, 0.05) is 11.3 Å². The van der Waals surface area contributed by atoms with Crippen LogP contribution in [-0.4, -0.2) is 12.1 Å². The van der Waals surface area contributed by atoms with Gasteiger partial charge in [-0.3, -0.25) is 0 Å². The summed E-state index contributed by atoms with van der Waals surface area (Å²) in [6.07, 6.45) is 0.959. The van der Waals surface area contributed by atoms with Gasteiger partial charge in [0.15, 0.2) is 0 Å². The highest BCUT2D eigenvalue weighted by Crippen LogP contribution is 2.22. The van der Waals surface area contributed by atoms with Gasteiger partial charge in [-0.05, 0) is 47.4 Å². The van der Waals surface area contributed by atoms with Crippen molar-refractivity contribution in [1.29, 1.82) is 0 Å². The largest absolute Gasteiger partial charge is 0.481 e. The number of pyridine rings is 1. The second kappa shape index (κ2) is 7.45. The van der Waals surface area contributed by atoms with E-state index in [4.69, 9.17) is 9.47 Å². The second-order valence-electron chi connectivity index (χ2n) is 5.93. The number of hydrogen-bond donors (Lipinski definition) is 0. The van der Waals surface area contributed by atoms with Gasteiger partial charge in [-0.15, -0.1) is 0 Å². The van der Waals surface area contributed by atoms with Gasteiger partial charge in [-0.25, -0.2) is 4.98 Å². The molecule has 0 aliphatic heterocycles. The third kappa shape index (κ3) is 3.57. The van der Waals surface area contributed by atoms with Crippen LogP contribution in [0.3, 0.4) is 0 Å². The predicted octanol–water partition coefficient (Wildman–Crippen LogP) is 4.83. The SMILES string of the molecule is CCc1cc(COCc2ccc3ccccc3c2)c(OC)nc1C. The Kier molecular flexibility index (Phi) is 5.11. The highest BCUT2D eigenvalue weighted by atomic mass is 16.5. The van der Waals surface area contributed by atoms with Gasteiger partial charge in [0.25, 0.3) is 0 Å². The average Bonchev–Trinajstić information content (AvgIpc) is 2.62. The number of rotatable bonds is 6. The number of nitrogens with zero attached hydrogens (tertiary/aromatic N) is 1. The molecule has 24 heavy (non-hydrogen) atoms. The molecular weight excluding hydrogens is 298 g/mol. The van der Waals surface area contributed by atoms with Crippen LogP contribution in [0.25, 0.3) is 10.8 Å². The topological polar surface area (TPSA) is 31.4 Å². The minimum Gasteiger partial charge on any atom is -0.481 e. The lowest BCUT2D eigenvalue weighted by Crippen LogP contribution is -2.03. The summed E-state index contributed by atoms with van der Waals surface area (Å²) < 4.78 is 11.3. The number of methoxy groups -OCH3 is 1. The lowest BCUT2D eigenvalue weighted by Gasteiger charge is -2.12. The minimum absolute atomic E-state index is 0.496. The number of fused-ring (bicyclic) bond motifs is 1. The maximum atomic E-state index is 5.92. The molecule has 0 fully saturated rings. The third-order valence-corrected chi connectivity index (χ3v) is 4.27. The van der Waals surface area contributed by atoms with Crippen LogP contribution < -0.4 is 4.74 Å². The van der Waals surface area contributed by atoms with Crippen molar-refractivity contribution in [2.45, 2.75) is 33.5 Å². The molecule has 0 aliphatic carbocycles. The molecule has 1 heterocycles. The molecule has 3 aromatic rings. The van der Waals surface area contributed by atoms with E-state index in [-0.39, 0.29) is 0 Å². The van der Waals surface area contributed by atoms with E-state index in [1.807, 2.05) is 6.92 Å². The molecule has 3 nitrogen and oxygen atoms in total. The van der Waals surface area contributed by atoms with Crippen molar-refractivity contribution in [1.82, 2.24) is 4.98 Å². The van der Waals surface area contributed by atoms with Gasteiger partial charge >= 0.3 is 0 Å². The molecular formula is C21H23NO2. The van der Waals surface area contributed by atoms with Gasteiger partial charge < -0.3 is 9.47 Å². The van der Waals surface area contributed by atoms with Crippen LogP contribution in [0.4, 0.5) is 0 Å². The Morgan fingerprint density at radius 1 is 0.917 bits per heavy atom. The summed E-state index contributed by atoms with van der Waals surface area (Å²) in [6, 6.07) is 16.9. The summed E-state index contributed by atoms with van der Waals surface area (Å²) in [5, 5.41) is 2.49. The fourth-order valence-corrected chi connectivity index (χ4v) is 2.92. The summed E-state index contributed by atoms with van der Waals surface area (Å²) in [5.41, 5.74) is 4.43. The van der Waals surface area contributed by atoms with E-state index in [2.05, 4.69) is 60.4 Å². The van der Waals surface area contributed by atoms with E-state index in [9.17, 15) is 0 Å². The number of aromatic nitrogens is 1. The van der Waals surface area contributed by atoms with E-state index in [1.165, 1.54) is 21.9 Å². The zero-order chi connectivity index (χ0) is 16.9. The predicted molar refractivity (Wildman–Crippen MR) is 97.3 cm³/mol. The Morgan fingerprint density at radius 3 is 2.46 bits per heavy atom. The van der Waals surface area contributed by atoms with Crippen LogP contribution in [0.5, 0.6) is 5.88 Å². The highest BCUT2D eigenvalue weighted by Gasteiger charge is 2.09. The summed E-state index contributed by atoms with van der Waals surface area (Å²) in [6.45, 7) is 5.22. The van der Waals surface area contributed by atoms with Gasteiger partial charge in [0.05, 0.1) is 20.3 Å². The summed E-state index contributed by atoms with van der Waals surface area (Å²) in [7, 11) is 1.65. The lowest BCUT2D eigenvalue weighted by molar-refractivity contribution is 0.105. The number of hydrogen-bond acceptors (Lipinski definition) is 3. The van der Waals surface area contributed by atoms with Gasteiger partial charge in [-0.2, -0.15) is 0 Å². The molecule has 0 aliphatic rings. The molecule has 0 saturated carbocycles. The zero-order valence-corrected chi connectivity index (χ0v) is 14.5. The van der Waals surface area contributed by atoms with E-state index in [0.717, 1.165) is 17.7 Å². The quantitative estimate of drug-likeness (QED) is 0.651. The van der Waals surface area contributed by atoms with Crippen LogP contribution >= 0.6 is 0 Å². The van der Waals surface area contributed by atoms with Gasteiger partial charge in [-0.1, -0.05) is 43.3 Å². The normalized spacial score (nSPS) is 11.0. The van der Waals surface area contributed by atoms with Crippen LogP contribution in [0.2, 0.25) is 0 Å². The molecule has 0 atom stereocenters. The fraction of sp³-hybridized carbons (Fsp3) is 0.286. The molecule has 0 radical (unpaired) electrons. The molecule has 3 heteroatoms. The molecule has 0 spiro atoms. The Balaban J connectivity index is 1.71. The summed E-state index contributed by atoms with van der Waals surface area (Å²) >= 11 is 0. The zero-order valence-electron chi connectivity index (χ0n) is 14.5. The Bertz CT molecular complexity index is 842. The van der Waals surface area contributed by atoms with E-state index in [1.54, 1.807) is 7.11 Å². The summed E-state index contributed by atoms with van der Waals surface area (Å²) in [4.78, 5) is 4.53. The van der Waals surface area contributed by atoms with E-state index >= 15 is 0 Å². The molecule has 2 aromatic carbocycles. The Morgan fingerprint density at radius 2 is 1.71 bits per heavy atom. The van der Waals surface area contributed by atoms with Crippen LogP contribution in [-0.2, 0) is 24.4 Å². The van der Waals surface area contributed by atoms with Gasteiger partial charge in [0.1, 0.15) is 0 Å². The van der Waals surface area contributed by atoms with E-state index < -0.39 is 0 Å². The van der Waals surface area contributed by atoms with E-state index in [0.29, 0.717) is 19.1 Å². The smallest absolute Gasteiger partial charge is 0.218 e. The summed E-state index contributed by atoms with van der Waals surface area (Å²) in [5.74, 6) is 0.656. The molecule has 0 saturated heterocycles. The third-order valence-electron chi connectivity index (χ3n) is 4.27. The first-order valence-electron chi connectivity index (χ1n) is 8.30. The number of aryl methyl sites for hydroxylation is 2. The average molecular weight is 321 g/mol. The molecule has 1 aromatic heterocycles. The standard InChI is InChI=1S/C21H23NO2/c1-4-17-12-20(21(23-3)22-15(17)2)14-24-13-16-9-10-18-7-5-6-8-19(18)11-16/h5-12H,4,13-14H2,1-3H3. The highest BCUT2D eigenvalue weighted by molar-refractivity contribution is 5.82. The van der Waals surface area contributed by atoms with Crippen molar-refractivity contribution in [3.8, 4) is 5.88 Å². The van der Waals surface area contributed by atoms with Crippen molar-refractivity contribution in [2.75, 3.05) is 7.11 Å². The molecule has 3 rings (SSSR count). The molecule has 0 amide bonds. The second-order valence-corrected chi connectivity index (χ2v) is 5.93. The first-order chi connectivity index (χ1) is 11.7. The van der Waals surface area contributed by atoms with Crippen molar-refractivity contribution >= 4 is 10.8 Å². The molecule has 124 valence electrons. The first kappa shape index (κ1) is 16.5. The van der Waals surface area contributed by atoms with Gasteiger partial charge in [0.2, 0.25) is 5.88 Å². The van der Waals surface area contributed by atoms with Crippen molar-refractivity contribution in [3.05, 3.63) is 70.9 Å². The Labute approximate surface area is 143 Å². The lowest BCUT2D eigenvalue weighted by atomic mass is 10.1. The fourth-order valence-electron chi connectivity index (χ4n) is 2.92. The van der Waals surface area contributed by atoms with Crippen molar-refractivity contribution < 1.29 is 9.47 Å². The Hall–Kier alpha value is -2.39. The van der Waals surface area contributed by atoms with Crippen molar-refractivity contribution in [2.24, 2.45) is 0 Å².